The van der Waals surface area contributed by atoms with E-state index in [2.05, 4.69) is 5.32 Å². The van der Waals surface area contributed by atoms with Crippen LogP contribution in [0.3, 0.4) is 0 Å². The molecule has 0 aliphatic carbocycles. The summed E-state index contributed by atoms with van der Waals surface area (Å²) in [7, 11) is 3.16. The second kappa shape index (κ2) is 8.62. The Morgan fingerprint density at radius 1 is 0.963 bits per heavy atom. The van der Waals surface area contributed by atoms with Gasteiger partial charge in [-0.1, -0.05) is 0 Å². The molecule has 0 fully saturated rings. The second-order valence-electron chi connectivity index (χ2n) is 5.48. The standard InChI is InChI=1S/C21H19NO5/c1-24-16-6-8-18(9-7-16)27-20-14-15(5-11-19(20)25-2)22-21(23)12-10-17-4-3-13-26-17/h3-14H,1-2H3,(H,22,23). The Morgan fingerprint density at radius 3 is 2.41 bits per heavy atom. The summed E-state index contributed by atoms with van der Waals surface area (Å²) in [4.78, 5) is 12.1. The van der Waals surface area contributed by atoms with Crippen LogP contribution in [0.5, 0.6) is 23.0 Å². The number of ether oxygens (including phenoxy) is 3. The Kier molecular flexibility index (Phi) is 5.79. The number of carbonyl (C=O) groups excluding carboxylic acids is 1. The van der Waals surface area contributed by atoms with Crippen LogP contribution in [0.25, 0.3) is 6.08 Å². The van der Waals surface area contributed by atoms with Crippen molar-refractivity contribution in [3.8, 4) is 23.0 Å². The predicted octanol–water partition coefficient (Wildman–Crippen LogP) is 4.74. The molecular formula is C21H19NO5. The lowest BCUT2D eigenvalue weighted by atomic mass is 10.2. The van der Waals surface area contributed by atoms with E-state index in [1.807, 2.05) is 0 Å². The van der Waals surface area contributed by atoms with Crippen molar-refractivity contribution in [2.24, 2.45) is 0 Å². The molecule has 0 bridgehead atoms. The lowest BCUT2D eigenvalue weighted by Gasteiger charge is -2.12. The first kappa shape index (κ1) is 18.1. The average molecular weight is 365 g/mol. The number of carbonyl (C=O) groups is 1. The van der Waals surface area contributed by atoms with Crippen LogP contribution in [0.1, 0.15) is 5.76 Å². The third-order valence-electron chi connectivity index (χ3n) is 3.66. The summed E-state index contributed by atoms with van der Waals surface area (Å²) in [5.41, 5.74) is 0.577. The molecule has 0 saturated heterocycles. The van der Waals surface area contributed by atoms with Crippen LogP contribution in [0.15, 0.2) is 71.4 Å². The first-order valence-corrected chi connectivity index (χ1v) is 8.20. The zero-order valence-corrected chi connectivity index (χ0v) is 15.0. The van der Waals surface area contributed by atoms with Gasteiger partial charge in [-0.2, -0.15) is 0 Å². The lowest BCUT2D eigenvalue weighted by Crippen LogP contribution is -2.07. The number of methoxy groups -OCH3 is 2. The van der Waals surface area contributed by atoms with Crippen molar-refractivity contribution >= 4 is 17.7 Å². The van der Waals surface area contributed by atoms with Crippen LogP contribution in [0.4, 0.5) is 5.69 Å². The molecule has 2 aromatic carbocycles. The summed E-state index contributed by atoms with van der Waals surface area (Å²) in [6.07, 6.45) is 4.53. The van der Waals surface area contributed by atoms with Crippen LogP contribution in [0.2, 0.25) is 0 Å². The first-order valence-electron chi connectivity index (χ1n) is 8.20. The van der Waals surface area contributed by atoms with E-state index in [1.54, 1.807) is 81.2 Å². The molecule has 0 radical (unpaired) electrons. The van der Waals surface area contributed by atoms with Crippen LogP contribution in [0, 0.1) is 0 Å². The fraction of sp³-hybridized carbons (Fsp3) is 0.0952. The van der Waals surface area contributed by atoms with Gasteiger partial charge in [-0.3, -0.25) is 4.79 Å². The number of nitrogens with one attached hydrogen (secondary N) is 1. The molecule has 1 heterocycles. The van der Waals surface area contributed by atoms with E-state index in [0.717, 1.165) is 5.75 Å². The Hall–Kier alpha value is -3.67. The van der Waals surface area contributed by atoms with Gasteiger partial charge in [0.25, 0.3) is 0 Å². The van der Waals surface area contributed by atoms with E-state index in [4.69, 9.17) is 18.6 Å². The van der Waals surface area contributed by atoms with E-state index < -0.39 is 0 Å². The van der Waals surface area contributed by atoms with Gasteiger partial charge in [-0.15, -0.1) is 0 Å². The summed E-state index contributed by atoms with van der Waals surface area (Å²) < 4.78 is 21.5. The van der Waals surface area contributed by atoms with Crippen molar-refractivity contribution in [3.05, 3.63) is 72.7 Å². The fourth-order valence-electron chi connectivity index (χ4n) is 2.33. The molecule has 0 atom stereocenters. The van der Waals surface area contributed by atoms with Crippen molar-refractivity contribution in [2.45, 2.75) is 0 Å². The Labute approximate surface area is 157 Å². The maximum Gasteiger partial charge on any atom is 0.248 e. The number of amides is 1. The fourth-order valence-corrected chi connectivity index (χ4v) is 2.33. The molecule has 0 unspecified atom stereocenters. The minimum Gasteiger partial charge on any atom is -0.497 e. The van der Waals surface area contributed by atoms with Crippen LogP contribution in [-0.4, -0.2) is 20.1 Å². The molecule has 1 N–H and O–H groups in total. The summed E-state index contributed by atoms with van der Waals surface area (Å²) in [5, 5.41) is 2.78. The van der Waals surface area contributed by atoms with Crippen LogP contribution in [-0.2, 0) is 4.79 Å². The minimum atomic E-state index is -0.285. The molecule has 0 aliphatic rings. The lowest BCUT2D eigenvalue weighted by molar-refractivity contribution is -0.111. The number of benzene rings is 2. The number of furan rings is 1. The van der Waals surface area contributed by atoms with E-state index >= 15 is 0 Å². The zero-order chi connectivity index (χ0) is 19.1. The van der Waals surface area contributed by atoms with Crippen molar-refractivity contribution in [3.63, 3.8) is 0 Å². The van der Waals surface area contributed by atoms with Gasteiger partial charge in [0, 0.05) is 17.8 Å². The Bertz CT molecular complexity index is 914. The highest BCUT2D eigenvalue weighted by Crippen LogP contribution is 2.34. The molecule has 1 amide bonds. The van der Waals surface area contributed by atoms with Gasteiger partial charge in [0.2, 0.25) is 5.91 Å². The zero-order valence-electron chi connectivity index (χ0n) is 15.0. The highest BCUT2D eigenvalue weighted by molar-refractivity contribution is 6.01. The number of rotatable bonds is 7. The van der Waals surface area contributed by atoms with E-state index in [0.29, 0.717) is 28.7 Å². The molecule has 6 heteroatoms. The van der Waals surface area contributed by atoms with Gasteiger partial charge >= 0.3 is 0 Å². The van der Waals surface area contributed by atoms with E-state index in [1.165, 1.54) is 6.08 Å². The monoisotopic (exact) mass is 365 g/mol. The molecule has 1 aromatic heterocycles. The molecule has 3 aromatic rings. The number of hydrogen-bond donors (Lipinski definition) is 1. The summed E-state index contributed by atoms with van der Waals surface area (Å²) >= 11 is 0. The second-order valence-corrected chi connectivity index (χ2v) is 5.48. The molecule has 0 aliphatic heterocycles. The first-order chi connectivity index (χ1) is 13.2. The third kappa shape index (κ3) is 4.92. The Balaban J connectivity index is 1.73. The van der Waals surface area contributed by atoms with Crippen molar-refractivity contribution < 1.29 is 23.4 Å². The van der Waals surface area contributed by atoms with Gasteiger partial charge < -0.3 is 23.9 Å². The van der Waals surface area contributed by atoms with Crippen molar-refractivity contribution in [1.82, 2.24) is 0 Å². The maximum absolute atomic E-state index is 12.1. The Morgan fingerprint density at radius 2 is 1.74 bits per heavy atom. The largest absolute Gasteiger partial charge is 0.497 e. The number of anilines is 1. The van der Waals surface area contributed by atoms with Gasteiger partial charge in [0.1, 0.15) is 17.3 Å². The molecule has 6 nitrogen and oxygen atoms in total. The van der Waals surface area contributed by atoms with E-state index in [-0.39, 0.29) is 5.91 Å². The van der Waals surface area contributed by atoms with Gasteiger partial charge in [-0.05, 0) is 54.6 Å². The van der Waals surface area contributed by atoms with Crippen molar-refractivity contribution in [2.75, 3.05) is 19.5 Å². The molecule has 0 saturated carbocycles. The molecule has 3 rings (SSSR count). The SMILES string of the molecule is COc1ccc(Oc2cc(NC(=O)C=Cc3ccco3)ccc2OC)cc1. The molecular weight excluding hydrogens is 346 g/mol. The topological polar surface area (TPSA) is 69.9 Å². The number of hydrogen-bond acceptors (Lipinski definition) is 5. The minimum absolute atomic E-state index is 0.285. The van der Waals surface area contributed by atoms with Gasteiger partial charge in [0.05, 0.1) is 20.5 Å². The van der Waals surface area contributed by atoms with Crippen LogP contribution < -0.4 is 19.5 Å². The third-order valence-corrected chi connectivity index (χ3v) is 3.66. The van der Waals surface area contributed by atoms with E-state index in [9.17, 15) is 4.79 Å². The predicted molar refractivity (Wildman–Crippen MR) is 102 cm³/mol. The molecule has 138 valence electrons. The average Bonchev–Trinajstić information content (AvgIpc) is 3.21. The maximum atomic E-state index is 12.1. The van der Waals surface area contributed by atoms with Gasteiger partial charge in [-0.25, -0.2) is 0 Å². The van der Waals surface area contributed by atoms with Crippen LogP contribution >= 0.6 is 0 Å². The summed E-state index contributed by atoms with van der Waals surface area (Å²) in [5.74, 6) is 2.70. The van der Waals surface area contributed by atoms with Crippen molar-refractivity contribution in [1.29, 1.82) is 0 Å². The summed E-state index contributed by atoms with van der Waals surface area (Å²) in [6.45, 7) is 0. The molecule has 27 heavy (non-hydrogen) atoms. The quantitative estimate of drug-likeness (QED) is 0.612. The summed E-state index contributed by atoms with van der Waals surface area (Å²) in [6, 6.07) is 15.8. The highest BCUT2D eigenvalue weighted by atomic mass is 16.5. The normalized spacial score (nSPS) is 10.6. The molecule has 0 spiro atoms. The highest BCUT2D eigenvalue weighted by Gasteiger charge is 2.09. The van der Waals surface area contributed by atoms with Gasteiger partial charge in [0.15, 0.2) is 11.5 Å². The smallest absolute Gasteiger partial charge is 0.248 e.